The molecule has 9 heavy (non-hydrogen) atoms. The number of aliphatic hydroxyl groups excluding tert-OH is 1. The third kappa shape index (κ3) is 4.62. The highest BCUT2D eigenvalue weighted by Gasteiger charge is 2.05. The minimum atomic E-state index is -1.10. The Kier molecular flexibility index (Phi) is 5.03. The van der Waals surface area contributed by atoms with Gasteiger partial charge in [-0.15, -0.1) is 0 Å². The van der Waals surface area contributed by atoms with Gasteiger partial charge in [0, 0.05) is 0 Å². The van der Waals surface area contributed by atoms with Crippen LogP contribution in [0.1, 0.15) is 0 Å². The van der Waals surface area contributed by atoms with E-state index < -0.39 is 12.3 Å². The van der Waals surface area contributed by atoms with Crippen molar-refractivity contribution in [3.05, 3.63) is 0 Å². The molecular formula is C4H8O3S2. The molecule has 0 spiro atoms. The second kappa shape index (κ2) is 4.96. The van der Waals surface area contributed by atoms with E-state index in [1.807, 2.05) is 0 Å². The minimum absolute atomic E-state index is 0.0230. The van der Waals surface area contributed by atoms with Gasteiger partial charge in [-0.25, -0.2) is 0 Å². The molecule has 0 saturated heterocycles. The van der Waals surface area contributed by atoms with Crippen LogP contribution in [0, 0.1) is 0 Å². The Labute approximate surface area is 64.2 Å². The molecule has 0 fully saturated rings. The summed E-state index contributed by atoms with van der Waals surface area (Å²) in [6.45, 7) is 0. The second-order valence-corrected chi connectivity index (χ2v) is 1.97. The van der Waals surface area contributed by atoms with E-state index in [1.54, 1.807) is 0 Å². The monoisotopic (exact) mass is 168 g/mol. The number of hydrogen-bond donors (Lipinski definition) is 3. The SMILES string of the molecule is O=C(CS)OC(O)CS. The lowest BCUT2D eigenvalue weighted by molar-refractivity contribution is -0.160. The van der Waals surface area contributed by atoms with Crippen LogP contribution >= 0.6 is 25.3 Å². The van der Waals surface area contributed by atoms with Gasteiger partial charge in [-0.2, -0.15) is 25.3 Å². The fourth-order valence-electron chi connectivity index (χ4n) is 0.226. The number of aliphatic hydroxyl groups is 1. The summed E-state index contributed by atoms with van der Waals surface area (Å²) in [5.74, 6) is -0.454. The fourth-order valence-corrected chi connectivity index (χ4v) is 0.375. The number of hydrogen-bond acceptors (Lipinski definition) is 5. The average Bonchev–Trinajstić information content (AvgIpc) is 1.87. The quantitative estimate of drug-likeness (QED) is 0.308. The van der Waals surface area contributed by atoms with E-state index in [1.165, 1.54) is 0 Å². The summed E-state index contributed by atoms with van der Waals surface area (Å²) in [5, 5.41) is 8.61. The van der Waals surface area contributed by atoms with Crippen LogP contribution in [0.2, 0.25) is 0 Å². The lowest BCUT2D eigenvalue weighted by Gasteiger charge is -2.06. The lowest BCUT2D eigenvalue weighted by Crippen LogP contribution is -2.19. The van der Waals surface area contributed by atoms with E-state index in [9.17, 15) is 4.79 Å². The molecule has 0 rings (SSSR count). The van der Waals surface area contributed by atoms with Gasteiger partial charge in [-0.3, -0.25) is 4.79 Å². The normalized spacial score (nSPS) is 12.8. The number of esters is 1. The number of carbonyl (C=O) groups is 1. The molecule has 0 aliphatic heterocycles. The Hall–Kier alpha value is 0.130. The van der Waals surface area contributed by atoms with Crippen LogP contribution in [0.25, 0.3) is 0 Å². The van der Waals surface area contributed by atoms with Crippen LogP contribution in [-0.4, -0.2) is 28.9 Å². The van der Waals surface area contributed by atoms with Crippen molar-refractivity contribution in [1.29, 1.82) is 0 Å². The van der Waals surface area contributed by atoms with Crippen molar-refractivity contribution in [2.45, 2.75) is 6.29 Å². The minimum Gasteiger partial charge on any atom is -0.434 e. The van der Waals surface area contributed by atoms with E-state index in [0.29, 0.717) is 0 Å². The van der Waals surface area contributed by atoms with E-state index in [4.69, 9.17) is 5.11 Å². The maximum absolute atomic E-state index is 10.3. The van der Waals surface area contributed by atoms with Crippen molar-refractivity contribution in [2.24, 2.45) is 0 Å². The topological polar surface area (TPSA) is 46.5 Å². The maximum atomic E-state index is 10.3. The summed E-state index contributed by atoms with van der Waals surface area (Å²) < 4.78 is 4.31. The molecule has 0 aliphatic carbocycles. The number of ether oxygens (including phenoxy) is 1. The Balaban J connectivity index is 3.34. The summed E-state index contributed by atoms with van der Waals surface area (Å²) in [6, 6.07) is 0. The highest BCUT2D eigenvalue weighted by Crippen LogP contribution is 1.91. The predicted octanol–water partition coefficient (Wildman–Crippen LogP) is -0.292. The van der Waals surface area contributed by atoms with Crippen molar-refractivity contribution in [3.8, 4) is 0 Å². The molecule has 3 nitrogen and oxygen atoms in total. The molecule has 1 atom stereocenters. The van der Waals surface area contributed by atoms with Crippen LogP contribution in [0.4, 0.5) is 0 Å². The Morgan fingerprint density at radius 3 is 2.56 bits per heavy atom. The fraction of sp³-hybridized carbons (Fsp3) is 0.750. The molecule has 0 aromatic heterocycles. The van der Waals surface area contributed by atoms with Crippen molar-refractivity contribution >= 4 is 31.2 Å². The molecule has 54 valence electrons. The molecule has 1 unspecified atom stereocenters. The predicted molar refractivity (Wildman–Crippen MR) is 39.8 cm³/mol. The van der Waals surface area contributed by atoms with Crippen molar-refractivity contribution in [2.75, 3.05) is 11.5 Å². The molecule has 0 bridgehead atoms. The van der Waals surface area contributed by atoms with Gasteiger partial charge in [0.05, 0.1) is 11.5 Å². The van der Waals surface area contributed by atoms with Crippen LogP contribution in [-0.2, 0) is 9.53 Å². The molecule has 0 heterocycles. The number of rotatable bonds is 3. The van der Waals surface area contributed by atoms with E-state index in [0.717, 1.165) is 0 Å². The Bertz CT molecular complexity index is 95.8. The zero-order valence-corrected chi connectivity index (χ0v) is 6.44. The first kappa shape index (κ1) is 9.13. The smallest absolute Gasteiger partial charge is 0.317 e. The standard InChI is InChI=1S/C4H8O3S2/c5-3(1-8)7-4(6)2-9/h3,5,8-9H,1-2H2. The first-order valence-corrected chi connectivity index (χ1v) is 3.56. The van der Waals surface area contributed by atoms with Gasteiger partial charge in [-0.05, 0) is 0 Å². The molecule has 0 aromatic rings. The molecule has 5 heteroatoms. The zero-order chi connectivity index (χ0) is 7.28. The molecule has 0 aromatic carbocycles. The summed E-state index contributed by atoms with van der Waals surface area (Å²) in [7, 11) is 0. The zero-order valence-electron chi connectivity index (χ0n) is 4.65. The van der Waals surface area contributed by atoms with Gasteiger partial charge in [0.1, 0.15) is 0 Å². The van der Waals surface area contributed by atoms with Crippen LogP contribution in [0.15, 0.2) is 0 Å². The second-order valence-electron chi connectivity index (χ2n) is 1.29. The average molecular weight is 168 g/mol. The van der Waals surface area contributed by atoms with Gasteiger partial charge < -0.3 is 9.84 Å². The number of thiol groups is 2. The lowest BCUT2D eigenvalue weighted by atomic mass is 10.7. The van der Waals surface area contributed by atoms with Gasteiger partial charge in [0.25, 0.3) is 0 Å². The summed E-state index contributed by atoms with van der Waals surface area (Å²) in [5.41, 5.74) is 0. The summed E-state index contributed by atoms with van der Waals surface area (Å²) in [6.07, 6.45) is -1.10. The summed E-state index contributed by atoms with van der Waals surface area (Å²) in [4.78, 5) is 10.3. The molecule has 0 radical (unpaired) electrons. The Morgan fingerprint density at radius 1 is 1.67 bits per heavy atom. The first-order chi connectivity index (χ1) is 4.20. The van der Waals surface area contributed by atoms with E-state index >= 15 is 0 Å². The largest absolute Gasteiger partial charge is 0.434 e. The van der Waals surface area contributed by atoms with Crippen LogP contribution in [0.3, 0.4) is 0 Å². The van der Waals surface area contributed by atoms with Gasteiger partial charge in [-0.1, -0.05) is 0 Å². The molecule has 0 aliphatic rings. The molecule has 1 N–H and O–H groups in total. The van der Waals surface area contributed by atoms with Crippen molar-refractivity contribution in [3.63, 3.8) is 0 Å². The third-order valence-corrected chi connectivity index (χ3v) is 1.12. The molecular weight excluding hydrogens is 160 g/mol. The third-order valence-electron chi connectivity index (χ3n) is 0.553. The van der Waals surface area contributed by atoms with Crippen LogP contribution < -0.4 is 0 Å². The van der Waals surface area contributed by atoms with Crippen molar-refractivity contribution < 1.29 is 14.6 Å². The Morgan fingerprint density at radius 2 is 2.22 bits per heavy atom. The first-order valence-electron chi connectivity index (χ1n) is 2.30. The van der Waals surface area contributed by atoms with Crippen molar-refractivity contribution in [1.82, 2.24) is 0 Å². The highest BCUT2D eigenvalue weighted by molar-refractivity contribution is 7.81. The van der Waals surface area contributed by atoms with Crippen LogP contribution in [0.5, 0.6) is 0 Å². The number of carbonyl (C=O) groups excluding carboxylic acids is 1. The molecule has 0 saturated carbocycles. The summed E-state index contributed by atoms with van der Waals surface area (Å²) >= 11 is 7.30. The van der Waals surface area contributed by atoms with Gasteiger partial charge in [0.15, 0.2) is 0 Å². The van der Waals surface area contributed by atoms with Gasteiger partial charge >= 0.3 is 5.97 Å². The van der Waals surface area contributed by atoms with Gasteiger partial charge in [0.2, 0.25) is 6.29 Å². The van der Waals surface area contributed by atoms with E-state index in [-0.39, 0.29) is 11.5 Å². The van der Waals surface area contributed by atoms with E-state index in [2.05, 4.69) is 30.0 Å². The maximum Gasteiger partial charge on any atom is 0.317 e. The highest BCUT2D eigenvalue weighted by atomic mass is 32.1. The molecule has 0 amide bonds.